The Bertz CT molecular complexity index is 2650. The van der Waals surface area contributed by atoms with Gasteiger partial charge in [0.15, 0.2) is 11.6 Å². The van der Waals surface area contributed by atoms with Crippen LogP contribution in [0.15, 0.2) is 118 Å². The van der Waals surface area contributed by atoms with Crippen LogP contribution in [0, 0.1) is 0 Å². The van der Waals surface area contributed by atoms with Crippen LogP contribution in [0.4, 0.5) is 34.1 Å². The molecule has 66 heavy (non-hydrogen) atoms. The first-order valence-corrected chi connectivity index (χ1v) is 21.9. The van der Waals surface area contributed by atoms with Crippen molar-refractivity contribution < 1.29 is 38.2 Å². The molecule has 0 saturated heterocycles. The van der Waals surface area contributed by atoms with Crippen molar-refractivity contribution in [3.8, 4) is 11.5 Å². The highest BCUT2D eigenvalue weighted by atomic mass is 35.5. The number of amides is 4. The fourth-order valence-electron chi connectivity index (χ4n) is 5.86. The van der Waals surface area contributed by atoms with Gasteiger partial charge in [-0.05, 0) is 99.5 Å². The van der Waals surface area contributed by atoms with Gasteiger partial charge in [0.1, 0.15) is 17.2 Å². The van der Waals surface area contributed by atoms with Crippen LogP contribution in [-0.2, 0) is 30.9 Å². The Labute approximate surface area is 399 Å². The minimum atomic E-state index is -1.66. The van der Waals surface area contributed by atoms with E-state index in [1.165, 1.54) is 48.5 Å². The van der Waals surface area contributed by atoms with Crippen molar-refractivity contribution in [3.05, 3.63) is 129 Å². The number of nitrogens with one attached hydrogen (secondary N) is 4. The Kier molecular flexibility index (Phi) is 18.3. The van der Waals surface area contributed by atoms with Crippen LogP contribution in [0.3, 0.4) is 0 Å². The highest BCUT2D eigenvalue weighted by Gasteiger charge is 2.28. The van der Waals surface area contributed by atoms with Crippen molar-refractivity contribution in [2.75, 3.05) is 34.5 Å². The zero-order valence-corrected chi connectivity index (χ0v) is 38.8. The molecule has 5 aromatic carbocycles. The molecule has 0 heterocycles. The maximum Gasteiger partial charge on any atom is 0.259 e. The van der Waals surface area contributed by atoms with Crippen LogP contribution in [0.5, 0.6) is 11.5 Å². The Morgan fingerprint density at radius 2 is 0.924 bits per heavy atom. The summed E-state index contributed by atoms with van der Waals surface area (Å²) >= 11 is 24.4. The maximum atomic E-state index is 13.7. The number of Topliss-reactive ketones (excluding diaryl/α,β-unsaturated/α-hetero) is 2. The monoisotopic (exact) mass is 974 g/mol. The molecule has 342 valence electrons. The molecule has 5 aromatic rings. The zero-order chi connectivity index (χ0) is 47.9. The lowest BCUT2D eigenvalue weighted by atomic mass is 10.1. The summed E-state index contributed by atoms with van der Waals surface area (Å²) in [6.45, 7) is 5.86. The number of halogens is 4. The number of alkyl halides is 2. The van der Waals surface area contributed by atoms with E-state index in [2.05, 4.69) is 41.7 Å². The Morgan fingerprint density at radius 1 is 0.530 bits per heavy atom. The third kappa shape index (κ3) is 13.7. The van der Waals surface area contributed by atoms with E-state index >= 15 is 0 Å². The van der Waals surface area contributed by atoms with E-state index in [0.29, 0.717) is 23.1 Å². The summed E-state index contributed by atoms with van der Waals surface area (Å²) in [7, 11) is 0. The molecule has 0 spiro atoms. The number of carbonyl (C=O) groups is 6. The average molecular weight is 977 g/mol. The number of anilines is 4. The molecule has 0 radical (unpaired) electrons. The molecule has 0 fully saturated rings. The largest absolute Gasteiger partial charge is 0.491 e. The first-order valence-electron chi connectivity index (χ1n) is 20.0. The molecule has 0 saturated carbocycles. The fourth-order valence-corrected chi connectivity index (χ4v) is 6.62. The molecule has 0 aliphatic carbocycles. The number of benzene rings is 5. The van der Waals surface area contributed by atoms with Crippen molar-refractivity contribution in [2.45, 2.75) is 51.5 Å². The van der Waals surface area contributed by atoms with Crippen LogP contribution < -0.4 is 30.7 Å². The molecule has 0 aliphatic rings. The van der Waals surface area contributed by atoms with Gasteiger partial charge in [0.2, 0.25) is 12.1 Å². The summed E-state index contributed by atoms with van der Waals surface area (Å²) in [6, 6.07) is 21.8. The third-order valence-electron chi connectivity index (χ3n) is 9.15. The molecule has 16 nitrogen and oxygen atoms in total. The molecule has 0 aliphatic heterocycles. The van der Waals surface area contributed by atoms with Crippen LogP contribution in [0.2, 0.25) is 10.0 Å². The number of ether oxygens (including phenoxy) is 2. The minimum Gasteiger partial charge on any atom is -0.491 e. The van der Waals surface area contributed by atoms with Gasteiger partial charge < -0.3 is 30.7 Å². The number of nitrogens with zero attached hydrogens (tertiary/aromatic N) is 4. The maximum absolute atomic E-state index is 13.7. The predicted octanol–water partition coefficient (Wildman–Crippen LogP) is 11.1. The summed E-state index contributed by atoms with van der Waals surface area (Å²) in [5.41, 5.74) is 3.23. The molecule has 0 aromatic heterocycles. The third-order valence-corrected chi connectivity index (χ3v) is 10.4. The van der Waals surface area contributed by atoms with Crippen LogP contribution in [0.25, 0.3) is 0 Å². The van der Waals surface area contributed by atoms with Gasteiger partial charge in [0.05, 0.1) is 45.8 Å². The summed E-state index contributed by atoms with van der Waals surface area (Å²) in [4.78, 5) is 79.0. The lowest BCUT2D eigenvalue weighted by Gasteiger charge is -2.19. The Balaban J connectivity index is 1.33. The molecular formula is C46H42Cl4N8O8. The zero-order valence-electron chi connectivity index (χ0n) is 35.8. The van der Waals surface area contributed by atoms with E-state index in [1.807, 2.05) is 0 Å². The number of rotatable bonds is 20. The summed E-state index contributed by atoms with van der Waals surface area (Å²) in [6.07, 6.45) is 0. The SMILES string of the molecule is CCOc1cc(NC(=O)C(N=Nc2ccc(Cl)c(C(=O)Nc3ccc(CCl)cc3)c2)C(C)=O)cc(OCC)c1NC(=O)C(N=Nc1ccc(Cl)c(C(=O)Nc2ccc(CCl)cc2)c1)C(C)=O. The Morgan fingerprint density at radius 3 is 1.29 bits per heavy atom. The van der Waals surface area contributed by atoms with Gasteiger partial charge in [-0.2, -0.15) is 20.5 Å². The van der Waals surface area contributed by atoms with Gasteiger partial charge in [-0.25, -0.2) is 0 Å². The summed E-state index contributed by atoms with van der Waals surface area (Å²) in [5.74, 6) is -3.49. The minimum absolute atomic E-state index is 0.00494. The van der Waals surface area contributed by atoms with E-state index < -0.39 is 47.3 Å². The van der Waals surface area contributed by atoms with Gasteiger partial charge >= 0.3 is 0 Å². The van der Waals surface area contributed by atoms with Crippen molar-refractivity contribution >= 4 is 116 Å². The average Bonchev–Trinajstić information content (AvgIpc) is 3.29. The van der Waals surface area contributed by atoms with Crippen molar-refractivity contribution in [1.29, 1.82) is 0 Å². The number of carbonyl (C=O) groups excluding carboxylic acids is 6. The quantitative estimate of drug-likeness (QED) is 0.0333. The predicted molar refractivity (Wildman–Crippen MR) is 255 cm³/mol. The molecule has 4 N–H and O–H groups in total. The lowest BCUT2D eigenvalue weighted by Crippen LogP contribution is -2.32. The van der Waals surface area contributed by atoms with Crippen molar-refractivity contribution in [1.82, 2.24) is 0 Å². The normalized spacial score (nSPS) is 12.0. The number of hydrogen-bond acceptors (Lipinski definition) is 12. The first kappa shape index (κ1) is 50.3. The molecule has 2 unspecified atom stereocenters. The van der Waals surface area contributed by atoms with Crippen LogP contribution in [0.1, 0.15) is 59.5 Å². The fraction of sp³-hybridized carbons (Fsp3) is 0.217. The van der Waals surface area contributed by atoms with E-state index in [1.54, 1.807) is 62.4 Å². The van der Waals surface area contributed by atoms with E-state index in [0.717, 1.165) is 25.0 Å². The van der Waals surface area contributed by atoms with Crippen molar-refractivity contribution in [2.24, 2.45) is 20.5 Å². The van der Waals surface area contributed by atoms with Gasteiger partial charge in [-0.3, -0.25) is 28.8 Å². The molecule has 4 amide bonds. The highest BCUT2D eigenvalue weighted by molar-refractivity contribution is 6.35. The molecule has 20 heteroatoms. The van der Waals surface area contributed by atoms with Gasteiger partial charge in [-0.1, -0.05) is 47.5 Å². The first-order chi connectivity index (χ1) is 31.6. The van der Waals surface area contributed by atoms with Gasteiger partial charge in [-0.15, -0.1) is 23.2 Å². The second-order valence-electron chi connectivity index (χ2n) is 14.0. The molecule has 5 rings (SSSR count). The number of azo groups is 2. The molecule has 0 bridgehead atoms. The van der Waals surface area contributed by atoms with Gasteiger partial charge in [0, 0.05) is 41.0 Å². The van der Waals surface area contributed by atoms with Gasteiger partial charge in [0.25, 0.3) is 23.6 Å². The van der Waals surface area contributed by atoms with E-state index in [9.17, 15) is 28.8 Å². The van der Waals surface area contributed by atoms with Crippen molar-refractivity contribution in [3.63, 3.8) is 0 Å². The number of ketones is 2. The van der Waals surface area contributed by atoms with Crippen LogP contribution >= 0.6 is 46.4 Å². The van der Waals surface area contributed by atoms with Crippen LogP contribution in [-0.4, -0.2) is 60.5 Å². The Hall–Kier alpha value is -6.72. The standard InChI is InChI=1S/C46H42Cl4N8O8/c1-5-65-38-21-33(53-45(63)40(25(3)59)57-55-31-15-17-36(49)34(19-31)43(61)51-29-11-7-27(23-47)8-12-29)22-39(66-6-2)42(38)54-46(64)41(26(4)60)58-56-32-16-18-37(50)35(20-32)44(62)52-30-13-9-28(24-48)10-14-30/h7-22,40-41H,5-6,23-24H2,1-4H3,(H,51,61)(H,52,62)(H,53,63)(H,54,64). The lowest BCUT2D eigenvalue weighted by molar-refractivity contribution is -0.127. The second kappa shape index (κ2) is 24.0. The summed E-state index contributed by atoms with van der Waals surface area (Å²) < 4.78 is 11.6. The smallest absolute Gasteiger partial charge is 0.259 e. The number of hydrogen-bond donors (Lipinski definition) is 4. The van der Waals surface area contributed by atoms with E-state index in [4.69, 9.17) is 55.9 Å². The second-order valence-corrected chi connectivity index (χ2v) is 15.4. The highest BCUT2D eigenvalue weighted by Crippen LogP contribution is 2.39. The topological polar surface area (TPSA) is 218 Å². The summed E-state index contributed by atoms with van der Waals surface area (Å²) in [5, 5.41) is 27.1. The van der Waals surface area contributed by atoms with E-state index in [-0.39, 0.29) is 68.6 Å². The molecular weight excluding hydrogens is 934 g/mol. The molecule has 2 atom stereocenters.